The van der Waals surface area contributed by atoms with Crippen LogP contribution in [-0.2, 0) is 17.8 Å². The number of ether oxygens (including phenoxy) is 1. The van der Waals surface area contributed by atoms with Crippen LogP contribution in [0.2, 0.25) is 0 Å². The molecule has 6 nitrogen and oxygen atoms in total. The van der Waals surface area contributed by atoms with E-state index in [4.69, 9.17) is 20.5 Å². The van der Waals surface area contributed by atoms with Crippen LogP contribution in [0.4, 0.5) is 5.82 Å². The lowest BCUT2D eigenvalue weighted by molar-refractivity contribution is 0.109. The van der Waals surface area contributed by atoms with Crippen LogP contribution in [0, 0.1) is 0 Å². The highest BCUT2D eigenvalue weighted by atomic mass is 16.5. The van der Waals surface area contributed by atoms with Crippen LogP contribution < -0.4 is 11.3 Å². The van der Waals surface area contributed by atoms with Crippen molar-refractivity contribution in [2.45, 2.75) is 56.7 Å². The molecule has 3 N–H and O–H groups in total. The molecule has 6 heteroatoms. The first-order valence-corrected chi connectivity index (χ1v) is 7.92. The Hall–Kier alpha value is -1.24. The standard InChI is InChI=1S/C15H23N5O/c1-20-10-2-3-11(20)7-9(6-10)14-17-13-4-5-21-8-12(13)15(18-14)19-16/h9-11H,2-8,16H2,1H3,(H,17,18,19). The molecule has 2 fully saturated rings. The molecule has 1 aromatic heterocycles. The Bertz CT molecular complexity index is 518. The zero-order valence-corrected chi connectivity index (χ0v) is 12.5. The molecule has 0 spiro atoms. The largest absolute Gasteiger partial charge is 0.376 e. The van der Waals surface area contributed by atoms with Gasteiger partial charge in [-0.1, -0.05) is 0 Å². The van der Waals surface area contributed by atoms with Gasteiger partial charge in [-0.2, -0.15) is 0 Å². The molecule has 2 saturated heterocycles. The Morgan fingerprint density at radius 1 is 1.24 bits per heavy atom. The van der Waals surface area contributed by atoms with Gasteiger partial charge in [0.25, 0.3) is 0 Å². The van der Waals surface area contributed by atoms with Crippen molar-refractivity contribution in [2.24, 2.45) is 5.84 Å². The number of fused-ring (bicyclic) bond motifs is 3. The maximum atomic E-state index is 5.66. The van der Waals surface area contributed by atoms with E-state index in [1.165, 1.54) is 25.7 Å². The third-order valence-corrected chi connectivity index (χ3v) is 5.44. The summed E-state index contributed by atoms with van der Waals surface area (Å²) in [6.45, 7) is 1.31. The number of hydrogen-bond acceptors (Lipinski definition) is 6. The summed E-state index contributed by atoms with van der Waals surface area (Å²) in [5.74, 6) is 7.86. The van der Waals surface area contributed by atoms with Crippen LogP contribution in [0.15, 0.2) is 0 Å². The van der Waals surface area contributed by atoms with Crippen molar-refractivity contribution in [1.29, 1.82) is 0 Å². The molecular formula is C15H23N5O. The number of nitrogen functional groups attached to an aromatic ring is 1. The quantitative estimate of drug-likeness (QED) is 0.629. The van der Waals surface area contributed by atoms with E-state index in [2.05, 4.69) is 17.4 Å². The molecule has 0 saturated carbocycles. The number of aromatic nitrogens is 2. The molecule has 2 atom stereocenters. The molecule has 1 aromatic rings. The molecule has 0 radical (unpaired) electrons. The minimum Gasteiger partial charge on any atom is -0.376 e. The van der Waals surface area contributed by atoms with Crippen molar-refractivity contribution in [2.75, 3.05) is 19.1 Å². The van der Waals surface area contributed by atoms with Gasteiger partial charge in [-0.25, -0.2) is 15.8 Å². The second-order valence-electron chi connectivity index (χ2n) is 6.52. The third kappa shape index (κ3) is 2.22. The van der Waals surface area contributed by atoms with Crippen molar-refractivity contribution >= 4 is 5.82 Å². The second kappa shape index (κ2) is 5.19. The lowest BCUT2D eigenvalue weighted by atomic mass is 9.90. The van der Waals surface area contributed by atoms with E-state index in [1.54, 1.807) is 0 Å². The van der Waals surface area contributed by atoms with Crippen molar-refractivity contribution in [3.05, 3.63) is 17.1 Å². The number of nitrogens with zero attached hydrogens (tertiary/aromatic N) is 3. The van der Waals surface area contributed by atoms with E-state index < -0.39 is 0 Å². The molecule has 3 aliphatic heterocycles. The Kier molecular flexibility index (Phi) is 3.32. The monoisotopic (exact) mass is 289 g/mol. The molecule has 21 heavy (non-hydrogen) atoms. The van der Waals surface area contributed by atoms with Gasteiger partial charge in [0, 0.05) is 30.0 Å². The van der Waals surface area contributed by atoms with Gasteiger partial charge in [-0.05, 0) is 32.7 Å². The average molecular weight is 289 g/mol. The summed E-state index contributed by atoms with van der Waals surface area (Å²) >= 11 is 0. The first-order chi connectivity index (χ1) is 10.3. The van der Waals surface area contributed by atoms with E-state index in [0.29, 0.717) is 24.6 Å². The van der Waals surface area contributed by atoms with Crippen molar-refractivity contribution in [3.8, 4) is 0 Å². The summed E-state index contributed by atoms with van der Waals surface area (Å²) < 4.78 is 5.50. The molecule has 0 aliphatic carbocycles. The lowest BCUT2D eigenvalue weighted by Crippen LogP contribution is -2.39. The second-order valence-corrected chi connectivity index (χ2v) is 6.52. The first-order valence-electron chi connectivity index (χ1n) is 7.92. The Morgan fingerprint density at radius 3 is 2.71 bits per heavy atom. The zero-order chi connectivity index (χ0) is 14.4. The molecule has 0 aromatic carbocycles. The van der Waals surface area contributed by atoms with E-state index in [-0.39, 0.29) is 0 Å². The number of nitrogens with one attached hydrogen (secondary N) is 1. The van der Waals surface area contributed by atoms with Crippen LogP contribution in [0.3, 0.4) is 0 Å². The van der Waals surface area contributed by atoms with Gasteiger partial charge in [0.05, 0.1) is 18.9 Å². The predicted octanol–water partition coefficient (Wildman–Crippen LogP) is 1.18. The maximum Gasteiger partial charge on any atom is 0.149 e. The minimum atomic E-state index is 0.471. The maximum absolute atomic E-state index is 5.66. The highest BCUT2D eigenvalue weighted by Crippen LogP contribution is 2.41. The van der Waals surface area contributed by atoms with Gasteiger partial charge in [-0.15, -0.1) is 0 Å². The van der Waals surface area contributed by atoms with Gasteiger partial charge in [0.1, 0.15) is 11.6 Å². The summed E-state index contributed by atoms with van der Waals surface area (Å²) in [6.07, 6.45) is 5.84. The molecule has 2 unspecified atom stereocenters. The number of anilines is 1. The van der Waals surface area contributed by atoms with Crippen LogP contribution in [0.25, 0.3) is 0 Å². The van der Waals surface area contributed by atoms with Gasteiger partial charge < -0.3 is 15.1 Å². The van der Waals surface area contributed by atoms with Gasteiger partial charge >= 0.3 is 0 Å². The van der Waals surface area contributed by atoms with Crippen molar-refractivity contribution < 1.29 is 4.74 Å². The zero-order valence-electron chi connectivity index (χ0n) is 12.5. The summed E-state index contributed by atoms with van der Waals surface area (Å²) in [7, 11) is 2.26. The normalized spacial score (nSPS) is 32.0. The van der Waals surface area contributed by atoms with Gasteiger partial charge in [-0.3, -0.25) is 0 Å². The van der Waals surface area contributed by atoms with Crippen LogP contribution >= 0.6 is 0 Å². The summed E-state index contributed by atoms with van der Waals surface area (Å²) in [5.41, 5.74) is 4.89. The molecule has 0 amide bonds. The van der Waals surface area contributed by atoms with Crippen LogP contribution in [-0.4, -0.2) is 40.6 Å². The molecule has 4 heterocycles. The Morgan fingerprint density at radius 2 is 2.00 bits per heavy atom. The van der Waals surface area contributed by atoms with E-state index in [9.17, 15) is 0 Å². The Balaban J connectivity index is 1.66. The topological polar surface area (TPSA) is 76.3 Å². The fourth-order valence-electron chi connectivity index (χ4n) is 4.18. The number of piperidine rings is 1. The third-order valence-electron chi connectivity index (χ3n) is 5.44. The number of rotatable bonds is 2. The average Bonchev–Trinajstić information content (AvgIpc) is 2.75. The number of hydrogen-bond donors (Lipinski definition) is 2. The van der Waals surface area contributed by atoms with E-state index in [1.807, 2.05) is 0 Å². The Labute approximate surface area is 125 Å². The highest BCUT2D eigenvalue weighted by molar-refractivity contribution is 5.46. The first kappa shape index (κ1) is 13.4. The fraction of sp³-hybridized carbons (Fsp3) is 0.733. The highest BCUT2D eigenvalue weighted by Gasteiger charge is 2.40. The van der Waals surface area contributed by atoms with Crippen molar-refractivity contribution in [1.82, 2.24) is 14.9 Å². The van der Waals surface area contributed by atoms with E-state index in [0.717, 1.165) is 35.9 Å². The summed E-state index contributed by atoms with van der Waals surface area (Å²) in [6, 6.07) is 1.40. The molecule has 2 bridgehead atoms. The van der Waals surface area contributed by atoms with Crippen molar-refractivity contribution in [3.63, 3.8) is 0 Å². The van der Waals surface area contributed by atoms with E-state index >= 15 is 0 Å². The SMILES string of the molecule is CN1C2CCC1CC(c1nc3c(c(NN)n1)COCC3)C2. The molecule has 114 valence electrons. The van der Waals surface area contributed by atoms with Gasteiger partial charge in [0.15, 0.2) is 0 Å². The van der Waals surface area contributed by atoms with Crippen LogP contribution in [0.5, 0.6) is 0 Å². The molecule has 3 aliphatic rings. The smallest absolute Gasteiger partial charge is 0.149 e. The fourth-order valence-corrected chi connectivity index (χ4v) is 4.18. The molecule has 4 rings (SSSR count). The number of hydrazine groups is 1. The summed E-state index contributed by atoms with van der Waals surface area (Å²) in [5, 5.41) is 0. The lowest BCUT2D eigenvalue weighted by Gasteiger charge is -2.36. The minimum absolute atomic E-state index is 0.471. The van der Waals surface area contributed by atoms with Crippen LogP contribution in [0.1, 0.15) is 48.7 Å². The molecular weight excluding hydrogens is 266 g/mol. The number of nitrogens with two attached hydrogens (primary N) is 1. The van der Waals surface area contributed by atoms with Gasteiger partial charge in [0.2, 0.25) is 0 Å². The predicted molar refractivity (Wildman–Crippen MR) is 79.8 cm³/mol. The summed E-state index contributed by atoms with van der Waals surface area (Å²) in [4.78, 5) is 12.1.